The molecule has 0 atom stereocenters. The van der Waals surface area contributed by atoms with Crippen LogP contribution in [0.2, 0.25) is 0 Å². The second kappa shape index (κ2) is 9.49. The minimum absolute atomic E-state index is 0.0274. The van der Waals surface area contributed by atoms with Crippen LogP contribution in [0.3, 0.4) is 0 Å². The van der Waals surface area contributed by atoms with Crippen molar-refractivity contribution >= 4 is 23.5 Å². The van der Waals surface area contributed by atoms with Gasteiger partial charge in [0, 0.05) is 5.69 Å². The number of rotatable bonds is 7. The van der Waals surface area contributed by atoms with E-state index in [9.17, 15) is 23.2 Å². The van der Waals surface area contributed by atoms with Crippen LogP contribution in [0, 0.1) is 0 Å². The Balaban J connectivity index is 2.45. The Labute approximate surface area is 164 Å². The largest absolute Gasteiger partial charge is 0.493 e. The Bertz CT molecular complexity index is 897. The molecule has 0 aromatic heterocycles. The summed E-state index contributed by atoms with van der Waals surface area (Å²) in [5.74, 6) is -2.88. The van der Waals surface area contributed by atoms with Crippen LogP contribution in [0.15, 0.2) is 36.4 Å². The number of alkyl halides is 2. The number of para-hydroxylation sites is 1. The van der Waals surface area contributed by atoms with E-state index in [1.54, 1.807) is 0 Å². The molecular formula is C19H17F2NO7. The quantitative estimate of drug-likeness (QED) is 0.702. The summed E-state index contributed by atoms with van der Waals surface area (Å²) in [6.45, 7) is -3.19. The van der Waals surface area contributed by atoms with Crippen molar-refractivity contribution in [3.05, 3.63) is 53.1 Å². The van der Waals surface area contributed by atoms with Crippen molar-refractivity contribution in [3.8, 4) is 11.5 Å². The summed E-state index contributed by atoms with van der Waals surface area (Å²) in [5.41, 5.74) is -0.266. The second-order valence-corrected chi connectivity index (χ2v) is 5.45. The van der Waals surface area contributed by atoms with Gasteiger partial charge in [0.05, 0.1) is 38.0 Å². The molecule has 0 spiro atoms. The Kier molecular flexibility index (Phi) is 7.07. The van der Waals surface area contributed by atoms with E-state index in [1.807, 2.05) is 0 Å². The third kappa shape index (κ3) is 5.18. The summed E-state index contributed by atoms with van der Waals surface area (Å²) in [6, 6.07) is 7.75. The first-order valence-corrected chi connectivity index (χ1v) is 8.05. The minimum atomic E-state index is -3.19. The molecule has 0 saturated heterocycles. The molecule has 10 heteroatoms. The van der Waals surface area contributed by atoms with Crippen LogP contribution in [-0.2, 0) is 9.47 Å². The molecular weight excluding hydrogens is 392 g/mol. The van der Waals surface area contributed by atoms with E-state index in [0.29, 0.717) is 0 Å². The van der Waals surface area contributed by atoms with Gasteiger partial charge in [-0.3, -0.25) is 4.79 Å². The second-order valence-electron chi connectivity index (χ2n) is 5.45. The van der Waals surface area contributed by atoms with Crippen molar-refractivity contribution in [1.29, 1.82) is 0 Å². The highest BCUT2D eigenvalue weighted by Gasteiger charge is 2.21. The zero-order chi connectivity index (χ0) is 21.6. The van der Waals surface area contributed by atoms with Gasteiger partial charge >= 0.3 is 18.6 Å². The highest BCUT2D eigenvalue weighted by molar-refractivity contribution is 6.08. The van der Waals surface area contributed by atoms with Crippen molar-refractivity contribution in [1.82, 2.24) is 0 Å². The van der Waals surface area contributed by atoms with Gasteiger partial charge in [0.25, 0.3) is 5.91 Å². The van der Waals surface area contributed by atoms with Gasteiger partial charge in [0.1, 0.15) is 0 Å². The number of carbonyl (C=O) groups is 3. The van der Waals surface area contributed by atoms with E-state index in [1.165, 1.54) is 43.5 Å². The Hall–Kier alpha value is -3.69. The van der Waals surface area contributed by atoms with Crippen molar-refractivity contribution < 1.29 is 42.1 Å². The number of esters is 2. The van der Waals surface area contributed by atoms with Gasteiger partial charge in [0.15, 0.2) is 11.5 Å². The summed E-state index contributed by atoms with van der Waals surface area (Å²) in [5, 5.41) is 2.43. The van der Waals surface area contributed by atoms with Crippen LogP contribution in [-0.4, -0.2) is 45.8 Å². The number of amides is 1. The molecule has 1 N–H and O–H groups in total. The van der Waals surface area contributed by atoms with E-state index in [-0.39, 0.29) is 28.1 Å². The van der Waals surface area contributed by atoms with Gasteiger partial charge in [0.2, 0.25) is 0 Å². The molecule has 1 amide bonds. The molecule has 2 aromatic rings. The van der Waals surface area contributed by atoms with Crippen LogP contribution in [0.1, 0.15) is 31.1 Å². The molecule has 0 aliphatic heterocycles. The minimum Gasteiger partial charge on any atom is -0.493 e. The molecule has 2 rings (SSSR count). The summed E-state index contributed by atoms with van der Waals surface area (Å²) in [6.07, 6.45) is 0. The van der Waals surface area contributed by atoms with E-state index >= 15 is 0 Å². The lowest BCUT2D eigenvalue weighted by Gasteiger charge is -2.15. The first kappa shape index (κ1) is 21.6. The number of carbonyl (C=O) groups excluding carboxylic acids is 3. The van der Waals surface area contributed by atoms with Crippen LogP contribution in [0.4, 0.5) is 14.5 Å². The zero-order valence-electron chi connectivity index (χ0n) is 15.7. The summed E-state index contributed by atoms with van der Waals surface area (Å²) in [7, 11) is 3.53. The van der Waals surface area contributed by atoms with Crippen molar-refractivity contribution in [2.75, 3.05) is 26.6 Å². The van der Waals surface area contributed by atoms with Gasteiger partial charge in [-0.05, 0) is 30.3 Å². The first-order chi connectivity index (χ1) is 13.8. The van der Waals surface area contributed by atoms with Crippen molar-refractivity contribution in [2.24, 2.45) is 0 Å². The first-order valence-electron chi connectivity index (χ1n) is 8.05. The standard InChI is InChI=1S/C19H17F2NO7/c1-26-14-6-4-5-13(15(14)29-19(20)21)16(23)22-12-8-10(17(24)27-2)7-11(9-12)18(25)28-3/h4-9,19H,1-3H3,(H,22,23). The average molecular weight is 409 g/mol. The monoisotopic (exact) mass is 409 g/mol. The lowest BCUT2D eigenvalue weighted by molar-refractivity contribution is -0.0515. The third-order valence-electron chi connectivity index (χ3n) is 3.68. The molecule has 0 saturated carbocycles. The van der Waals surface area contributed by atoms with Crippen LogP contribution >= 0.6 is 0 Å². The molecule has 0 radical (unpaired) electrons. The number of methoxy groups -OCH3 is 3. The van der Waals surface area contributed by atoms with E-state index in [4.69, 9.17) is 4.74 Å². The Morgan fingerprint density at radius 3 is 2.00 bits per heavy atom. The third-order valence-corrected chi connectivity index (χ3v) is 3.68. The molecule has 0 bridgehead atoms. The van der Waals surface area contributed by atoms with Gasteiger partial charge < -0.3 is 24.3 Å². The molecule has 0 unspecified atom stereocenters. The summed E-state index contributed by atoms with van der Waals surface area (Å²) in [4.78, 5) is 36.3. The number of nitrogens with one attached hydrogen (secondary N) is 1. The number of anilines is 1. The topological polar surface area (TPSA) is 100 Å². The normalized spacial score (nSPS) is 10.3. The van der Waals surface area contributed by atoms with Crippen molar-refractivity contribution in [3.63, 3.8) is 0 Å². The molecule has 0 heterocycles. The SMILES string of the molecule is COC(=O)c1cc(NC(=O)c2cccc(OC)c2OC(F)F)cc(C(=O)OC)c1. The Morgan fingerprint density at radius 2 is 1.52 bits per heavy atom. The number of benzene rings is 2. The number of hydrogen-bond donors (Lipinski definition) is 1. The molecule has 154 valence electrons. The smallest absolute Gasteiger partial charge is 0.387 e. The van der Waals surface area contributed by atoms with Crippen molar-refractivity contribution in [2.45, 2.75) is 6.61 Å². The maximum absolute atomic E-state index is 12.8. The van der Waals surface area contributed by atoms with Gasteiger partial charge in [-0.2, -0.15) is 8.78 Å². The molecule has 2 aromatic carbocycles. The van der Waals surface area contributed by atoms with Gasteiger partial charge in [-0.1, -0.05) is 6.07 Å². The maximum atomic E-state index is 12.8. The van der Waals surface area contributed by atoms with Crippen LogP contribution < -0.4 is 14.8 Å². The maximum Gasteiger partial charge on any atom is 0.387 e. The van der Waals surface area contributed by atoms with E-state index < -0.39 is 30.2 Å². The zero-order valence-corrected chi connectivity index (χ0v) is 15.7. The molecule has 0 aliphatic carbocycles. The summed E-state index contributed by atoms with van der Waals surface area (Å²) < 4.78 is 44.1. The fourth-order valence-corrected chi connectivity index (χ4v) is 2.44. The molecule has 0 aliphatic rings. The highest BCUT2D eigenvalue weighted by atomic mass is 19.3. The van der Waals surface area contributed by atoms with Gasteiger partial charge in [-0.15, -0.1) is 0 Å². The molecule has 29 heavy (non-hydrogen) atoms. The number of hydrogen-bond acceptors (Lipinski definition) is 7. The lowest BCUT2D eigenvalue weighted by Crippen LogP contribution is -2.17. The fraction of sp³-hybridized carbons (Fsp3) is 0.211. The highest BCUT2D eigenvalue weighted by Crippen LogP contribution is 2.33. The number of ether oxygens (including phenoxy) is 4. The average Bonchev–Trinajstić information content (AvgIpc) is 2.71. The predicted molar refractivity (Wildman–Crippen MR) is 96.7 cm³/mol. The fourth-order valence-electron chi connectivity index (χ4n) is 2.44. The van der Waals surface area contributed by atoms with Crippen LogP contribution in [0.5, 0.6) is 11.5 Å². The van der Waals surface area contributed by atoms with Crippen LogP contribution in [0.25, 0.3) is 0 Å². The number of halogens is 2. The predicted octanol–water partition coefficient (Wildman–Crippen LogP) is 3.12. The lowest BCUT2D eigenvalue weighted by atomic mass is 10.1. The Morgan fingerprint density at radius 1 is 0.931 bits per heavy atom. The van der Waals surface area contributed by atoms with E-state index in [0.717, 1.165) is 14.2 Å². The molecule has 8 nitrogen and oxygen atoms in total. The van der Waals surface area contributed by atoms with Gasteiger partial charge in [-0.25, -0.2) is 9.59 Å². The van der Waals surface area contributed by atoms with E-state index in [2.05, 4.69) is 19.5 Å². The molecule has 0 fully saturated rings. The summed E-state index contributed by atoms with van der Waals surface area (Å²) >= 11 is 0.